The molecular formula is C10H11FN2O3. The van der Waals surface area contributed by atoms with Crippen molar-refractivity contribution in [1.29, 1.82) is 0 Å². The summed E-state index contributed by atoms with van der Waals surface area (Å²) in [4.78, 5) is 15.2. The molecule has 2 atom stereocenters. The van der Waals surface area contributed by atoms with E-state index < -0.39 is 23.8 Å². The lowest BCUT2D eigenvalue weighted by molar-refractivity contribution is -0.0214. The molecule has 0 bridgehead atoms. The molecule has 0 unspecified atom stereocenters. The fourth-order valence-corrected chi connectivity index (χ4v) is 1.50. The number of hydrogen-bond donors (Lipinski definition) is 1. The fourth-order valence-electron chi connectivity index (χ4n) is 1.50. The number of aliphatic hydroxyl groups excluding tert-OH is 1. The number of hydrogen-bond acceptors (Lipinski definition) is 4. The number of aliphatic hydroxyl groups is 1. The van der Waals surface area contributed by atoms with Gasteiger partial charge in [-0.05, 0) is 19.1 Å². The lowest BCUT2D eigenvalue weighted by Crippen LogP contribution is -2.28. The van der Waals surface area contributed by atoms with Crippen molar-refractivity contribution in [3.05, 3.63) is 40.3 Å². The zero-order valence-corrected chi connectivity index (χ0v) is 8.63. The third-order valence-corrected chi connectivity index (χ3v) is 2.29. The average Bonchev–Trinajstić information content (AvgIpc) is 2.60. The molecule has 0 aromatic carbocycles. The van der Waals surface area contributed by atoms with Gasteiger partial charge < -0.3 is 9.84 Å². The van der Waals surface area contributed by atoms with Crippen LogP contribution in [-0.4, -0.2) is 27.4 Å². The number of rotatable bonds is 2. The second-order valence-electron chi connectivity index (χ2n) is 3.52. The first-order chi connectivity index (χ1) is 7.61. The Kier molecular flexibility index (Phi) is 2.84. The predicted octanol–water partition coefficient (Wildman–Crippen LogP) is 0.295. The van der Waals surface area contributed by atoms with E-state index in [1.54, 1.807) is 13.0 Å². The van der Waals surface area contributed by atoms with Crippen molar-refractivity contribution >= 4 is 0 Å². The van der Waals surface area contributed by atoms with Crippen LogP contribution in [0.5, 0.6) is 0 Å². The molecule has 1 aromatic rings. The number of aromatic nitrogens is 2. The molecule has 0 radical (unpaired) electrons. The minimum atomic E-state index is -1.11. The van der Waals surface area contributed by atoms with Gasteiger partial charge in [0.2, 0.25) is 0 Å². The van der Waals surface area contributed by atoms with Gasteiger partial charge in [0.1, 0.15) is 11.9 Å². The Bertz CT molecular complexity index is 483. The van der Waals surface area contributed by atoms with E-state index in [1.807, 2.05) is 0 Å². The first kappa shape index (κ1) is 11.0. The molecule has 1 N–H and O–H groups in total. The topological polar surface area (TPSA) is 64.3 Å². The first-order valence-corrected chi connectivity index (χ1v) is 4.81. The van der Waals surface area contributed by atoms with Crippen LogP contribution < -0.4 is 5.69 Å². The third-order valence-electron chi connectivity index (χ3n) is 2.29. The van der Waals surface area contributed by atoms with Crippen LogP contribution in [0, 0.1) is 6.92 Å². The molecule has 0 fully saturated rings. The standard InChI is InChI=1S/C10H11FN2O3/c1-6-2-3-13(10(15)12-6)9-8(11)4-7(5-14)16-9/h2-4,7,9,14H,5H2,1H3/t7-,9-/m1/s1. The van der Waals surface area contributed by atoms with Crippen molar-refractivity contribution in [3.63, 3.8) is 0 Å². The van der Waals surface area contributed by atoms with Gasteiger partial charge in [-0.15, -0.1) is 0 Å². The summed E-state index contributed by atoms with van der Waals surface area (Å²) in [6.07, 6.45) is 0.746. The third kappa shape index (κ3) is 1.89. The molecule has 0 amide bonds. The first-order valence-electron chi connectivity index (χ1n) is 4.81. The summed E-state index contributed by atoms with van der Waals surface area (Å²) < 4.78 is 19.6. The monoisotopic (exact) mass is 226 g/mol. The molecule has 0 saturated heterocycles. The predicted molar refractivity (Wildman–Crippen MR) is 53.4 cm³/mol. The summed E-state index contributed by atoms with van der Waals surface area (Å²) >= 11 is 0. The van der Waals surface area contributed by atoms with Crippen molar-refractivity contribution < 1.29 is 14.2 Å². The van der Waals surface area contributed by atoms with Crippen molar-refractivity contribution in [2.45, 2.75) is 19.3 Å². The summed E-state index contributed by atoms with van der Waals surface area (Å²) in [5.74, 6) is -0.591. The SMILES string of the molecule is Cc1ccn([C@@H]2O[C@@H](CO)C=C2F)c(=O)n1. The van der Waals surface area contributed by atoms with E-state index in [4.69, 9.17) is 9.84 Å². The van der Waals surface area contributed by atoms with Gasteiger partial charge in [-0.25, -0.2) is 9.18 Å². The normalized spacial score (nSPS) is 24.6. The van der Waals surface area contributed by atoms with Crippen LogP contribution in [0.25, 0.3) is 0 Å². The molecule has 0 aliphatic carbocycles. The molecular weight excluding hydrogens is 215 g/mol. The van der Waals surface area contributed by atoms with Crippen LogP contribution in [0.2, 0.25) is 0 Å². The van der Waals surface area contributed by atoms with Gasteiger partial charge in [-0.3, -0.25) is 4.57 Å². The highest BCUT2D eigenvalue weighted by Crippen LogP contribution is 2.28. The van der Waals surface area contributed by atoms with Crippen LogP contribution in [0.4, 0.5) is 4.39 Å². The van der Waals surface area contributed by atoms with E-state index in [0.29, 0.717) is 5.69 Å². The van der Waals surface area contributed by atoms with E-state index in [9.17, 15) is 9.18 Å². The summed E-state index contributed by atoms with van der Waals surface area (Å²) in [6.45, 7) is 1.35. The molecule has 0 saturated carbocycles. The summed E-state index contributed by atoms with van der Waals surface area (Å²) in [6, 6.07) is 1.59. The van der Waals surface area contributed by atoms with E-state index >= 15 is 0 Å². The Morgan fingerprint density at radius 1 is 1.69 bits per heavy atom. The number of halogens is 1. The average molecular weight is 226 g/mol. The Morgan fingerprint density at radius 3 is 3.00 bits per heavy atom. The molecule has 16 heavy (non-hydrogen) atoms. The van der Waals surface area contributed by atoms with Crippen molar-refractivity contribution in [2.75, 3.05) is 6.61 Å². The van der Waals surface area contributed by atoms with Gasteiger partial charge in [-0.1, -0.05) is 0 Å². The minimum Gasteiger partial charge on any atom is -0.393 e. The van der Waals surface area contributed by atoms with Gasteiger partial charge in [0, 0.05) is 11.9 Å². The maximum Gasteiger partial charge on any atom is 0.350 e. The highest BCUT2D eigenvalue weighted by Gasteiger charge is 2.29. The molecule has 86 valence electrons. The van der Waals surface area contributed by atoms with Gasteiger partial charge in [0.25, 0.3) is 0 Å². The van der Waals surface area contributed by atoms with Crippen molar-refractivity contribution in [1.82, 2.24) is 9.55 Å². The Balaban J connectivity index is 2.33. The Morgan fingerprint density at radius 2 is 2.44 bits per heavy atom. The fraction of sp³-hybridized carbons (Fsp3) is 0.400. The molecule has 1 aliphatic heterocycles. The molecule has 1 aromatic heterocycles. The van der Waals surface area contributed by atoms with Crippen molar-refractivity contribution in [3.8, 4) is 0 Å². The van der Waals surface area contributed by atoms with E-state index in [0.717, 1.165) is 10.6 Å². The van der Waals surface area contributed by atoms with Gasteiger partial charge in [0.05, 0.1) is 6.61 Å². The van der Waals surface area contributed by atoms with Crippen LogP contribution in [0.3, 0.4) is 0 Å². The maximum atomic E-state index is 13.4. The number of ether oxygens (including phenoxy) is 1. The zero-order valence-electron chi connectivity index (χ0n) is 8.63. The molecule has 0 spiro atoms. The lowest BCUT2D eigenvalue weighted by Gasteiger charge is -2.15. The minimum absolute atomic E-state index is 0.321. The second-order valence-corrected chi connectivity index (χ2v) is 3.52. The molecule has 2 heterocycles. The Labute approximate surface area is 90.8 Å². The highest BCUT2D eigenvalue weighted by molar-refractivity contribution is 5.09. The summed E-state index contributed by atoms with van der Waals surface area (Å²) in [5.41, 5.74) is -0.0190. The zero-order chi connectivity index (χ0) is 11.7. The summed E-state index contributed by atoms with van der Waals surface area (Å²) in [7, 11) is 0. The van der Waals surface area contributed by atoms with Gasteiger partial charge >= 0.3 is 5.69 Å². The lowest BCUT2D eigenvalue weighted by atomic mass is 10.3. The largest absolute Gasteiger partial charge is 0.393 e. The van der Waals surface area contributed by atoms with E-state index in [-0.39, 0.29) is 6.61 Å². The van der Waals surface area contributed by atoms with Crippen LogP contribution in [0.15, 0.2) is 29.0 Å². The molecule has 1 aliphatic rings. The van der Waals surface area contributed by atoms with Crippen LogP contribution in [0.1, 0.15) is 11.9 Å². The maximum absolute atomic E-state index is 13.4. The van der Waals surface area contributed by atoms with Gasteiger partial charge in [0.15, 0.2) is 6.23 Å². The van der Waals surface area contributed by atoms with E-state index in [1.165, 1.54) is 6.20 Å². The molecule has 5 nitrogen and oxygen atoms in total. The van der Waals surface area contributed by atoms with Crippen molar-refractivity contribution in [2.24, 2.45) is 0 Å². The quantitative estimate of drug-likeness (QED) is 0.787. The van der Waals surface area contributed by atoms with Crippen LogP contribution >= 0.6 is 0 Å². The molecule has 6 heteroatoms. The molecule has 2 rings (SSSR count). The van der Waals surface area contributed by atoms with Crippen LogP contribution in [-0.2, 0) is 4.74 Å². The number of nitrogens with zero attached hydrogens (tertiary/aromatic N) is 2. The second kappa shape index (κ2) is 4.15. The number of aryl methyl sites for hydroxylation is 1. The highest BCUT2D eigenvalue weighted by atomic mass is 19.1. The summed E-state index contributed by atoms with van der Waals surface area (Å²) in [5, 5.41) is 8.82. The van der Waals surface area contributed by atoms with Gasteiger partial charge in [-0.2, -0.15) is 4.98 Å². The van der Waals surface area contributed by atoms with E-state index in [2.05, 4.69) is 4.98 Å². The Hall–Kier alpha value is -1.53. The smallest absolute Gasteiger partial charge is 0.350 e.